The van der Waals surface area contributed by atoms with Crippen LogP contribution < -0.4 is 5.32 Å². The summed E-state index contributed by atoms with van der Waals surface area (Å²) in [6, 6.07) is 3.83. The predicted octanol–water partition coefficient (Wildman–Crippen LogP) is 3.55. The zero-order valence-electron chi connectivity index (χ0n) is 12.5. The molecule has 0 atom stereocenters. The van der Waals surface area contributed by atoms with E-state index in [-0.39, 0.29) is 18.1 Å². The van der Waals surface area contributed by atoms with Gasteiger partial charge >= 0.3 is 0 Å². The molecular weight excluding hydrogens is 334 g/mol. The number of aryl methyl sites for hydroxylation is 1. The third-order valence-electron chi connectivity index (χ3n) is 3.05. The Hall–Kier alpha value is -2.32. The van der Waals surface area contributed by atoms with Crippen molar-refractivity contribution in [3.8, 4) is 10.8 Å². The van der Waals surface area contributed by atoms with Crippen molar-refractivity contribution in [2.24, 2.45) is 0 Å². The third kappa shape index (κ3) is 3.54. The first-order valence-corrected chi connectivity index (χ1v) is 8.49. The Morgan fingerprint density at radius 1 is 1.39 bits per heavy atom. The number of amides is 1. The van der Waals surface area contributed by atoms with Crippen molar-refractivity contribution in [3.05, 3.63) is 40.0 Å². The molecule has 0 spiro atoms. The lowest BCUT2D eigenvalue weighted by Gasteiger charge is -1.99. The Morgan fingerprint density at radius 3 is 2.87 bits per heavy atom. The van der Waals surface area contributed by atoms with Crippen LogP contribution in [0, 0.1) is 6.92 Å². The van der Waals surface area contributed by atoms with Gasteiger partial charge in [0.1, 0.15) is 5.76 Å². The fourth-order valence-corrected chi connectivity index (χ4v) is 3.28. The summed E-state index contributed by atoms with van der Waals surface area (Å²) in [6.45, 7) is 3.24. The summed E-state index contributed by atoms with van der Waals surface area (Å²) >= 11 is 2.68. The molecule has 0 aliphatic heterocycles. The average molecular weight is 347 g/mol. The van der Waals surface area contributed by atoms with Gasteiger partial charge in [-0.15, -0.1) is 11.3 Å². The number of carbonyl (C=O) groups is 2. The number of nitrogens with zero attached hydrogens (tertiary/aromatic N) is 2. The molecule has 6 nitrogen and oxygen atoms in total. The second kappa shape index (κ2) is 6.43. The van der Waals surface area contributed by atoms with Crippen molar-refractivity contribution in [3.63, 3.8) is 0 Å². The van der Waals surface area contributed by atoms with Gasteiger partial charge in [0.2, 0.25) is 11.8 Å². The third-order valence-corrected chi connectivity index (χ3v) is 4.92. The first kappa shape index (κ1) is 15.6. The summed E-state index contributed by atoms with van der Waals surface area (Å²) in [6.07, 6.45) is 1.55. The molecule has 118 valence electrons. The van der Waals surface area contributed by atoms with Crippen LogP contribution in [0.25, 0.3) is 10.8 Å². The molecule has 0 aliphatic carbocycles. The normalized spacial score (nSPS) is 10.7. The van der Waals surface area contributed by atoms with Gasteiger partial charge in [0, 0.05) is 6.92 Å². The highest BCUT2D eigenvalue weighted by Crippen LogP contribution is 2.26. The molecule has 0 fully saturated rings. The van der Waals surface area contributed by atoms with Crippen LogP contribution in [-0.4, -0.2) is 21.7 Å². The molecule has 3 heterocycles. The summed E-state index contributed by atoms with van der Waals surface area (Å²) in [5, 5.41) is 5.02. The molecule has 8 heteroatoms. The standard InChI is InChI=1S/C15H13N3O3S2/c1-8(19)12-7-16-15(23-12)18-13(20)6-10-9(2)21-14(17-10)11-4-3-5-22-11/h3-5,7H,6H2,1-2H3,(H,16,18,20). The number of oxazole rings is 1. The van der Waals surface area contributed by atoms with Gasteiger partial charge in [0.15, 0.2) is 10.9 Å². The van der Waals surface area contributed by atoms with Gasteiger partial charge in [-0.2, -0.15) is 0 Å². The zero-order valence-corrected chi connectivity index (χ0v) is 14.1. The highest BCUT2D eigenvalue weighted by Gasteiger charge is 2.16. The molecule has 0 aliphatic rings. The molecule has 0 aromatic carbocycles. The molecule has 1 amide bonds. The van der Waals surface area contributed by atoms with Gasteiger partial charge in [0.05, 0.1) is 28.1 Å². The fourth-order valence-electron chi connectivity index (χ4n) is 1.91. The topological polar surface area (TPSA) is 85.1 Å². The van der Waals surface area contributed by atoms with Gasteiger partial charge in [0.25, 0.3) is 0 Å². The van der Waals surface area contributed by atoms with Crippen LogP contribution >= 0.6 is 22.7 Å². The average Bonchev–Trinajstić information content (AvgIpc) is 3.20. The number of rotatable bonds is 5. The fraction of sp³-hybridized carbons (Fsp3) is 0.200. The van der Waals surface area contributed by atoms with E-state index in [4.69, 9.17) is 4.42 Å². The van der Waals surface area contributed by atoms with Gasteiger partial charge in [-0.25, -0.2) is 9.97 Å². The molecule has 0 bridgehead atoms. The van der Waals surface area contributed by atoms with Crippen molar-refractivity contribution in [1.29, 1.82) is 0 Å². The largest absolute Gasteiger partial charge is 0.440 e. The van der Waals surface area contributed by atoms with Gasteiger partial charge in [-0.05, 0) is 18.4 Å². The van der Waals surface area contributed by atoms with Crippen LogP contribution in [0.2, 0.25) is 0 Å². The first-order valence-electron chi connectivity index (χ1n) is 6.79. The van der Waals surface area contributed by atoms with Crippen molar-refractivity contribution in [2.45, 2.75) is 20.3 Å². The van der Waals surface area contributed by atoms with E-state index in [1.165, 1.54) is 24.5 Å². The minimum absolute atomic E-state index is 0.0732. The smallest absolute Gasteiger partial charge is 0.236 e. The summed E-state index contributed by atoms with van der Waals surface area (Å²) < 4.78 is 5.61. The van der Waals surface area contributed by atoms with E-state index in [2.05, 4.69) is 15.3 Å². The number of hydrogen-bond acceptors (Lipinski definition) is 7. The zero-order chi connectivity index (χ0) is 16.4. The van der Waals surface area contributed by atoms with E-state index < -0.39 is 0 Å². The Balaban J connectivity index is 1.69. The monoisotopic (exact) mass is 347 g/mol. The van der Waals surface area contributed by atoms with Gasteiger partial charge in [-0.1, -0.05) is 17.4 Å². The molecule has 3 aromatic heterocycles. The molecule has 0 radical (unpaired) electrons. The van der Waals surface area contributed by atoms with Crippen molar-refractivity contribution < 1.29 is 14.0 Å². The second-order valence-corrected chi connectivity index (χ2v) is 6.79. The summed E-state index contributed by atoms with van der Waals surface area (Å²) in [5.74, 6) is 0.819. The van der Waals surface area contributed by atoms with Crippen LogP contribution in [0.3, 0.4) is 0 Å². The lowest BCUT2D eigenvalue weighted by molar-refractivity contribution is -0.115. The van der Waals surface area contributed by atoms with Crippen molar-refractivity contribution in [2.75, 3.05) is 5.32 Å². The summed E-state index contributed by atoms with van der Waals surface area (Å²) in [7, 11) is 0. The maximum absolute atomic E-state index is 12.1. The number of Topliss-reactive ketones (excluding diaryl/α,β-unsaturated/α-hetero) is 1. The predicted molar refractivity (Wildman–Crippen MR) is 89.0 cm³/mol. The van der Waals surface area contributed by atoms with E-state index in [0.717, 1.165) is 16.2 Å². The summed E-state index contributed by atoms with van der Waals surface area (Å²) in [5.41, 5.74) is 0.592. The van der Waals surface area contributed by atoms with Crippen LogP contribution in [0.5, 0.6) is 0 Å². The second-order valence-electron chi connectivity index (χ2n) is 4.81. The number of aromatic nitrogens is 2. The maximum atomic E-state index is 12.1. The number of ketones is 1. The van der Waals surface area contributed by atoms with E-state index >= 15 is 0 Å². The Labute approximate surface area is 140 Å². The summed E-state index contributed by atoms with van der Waals surface area (Å²) in [4.78, 5) is 33.2. The Bertz CT molecular complexity index is 849. The molecule has 3 rings (SSSR count). The Kier molecular flexibility index (Phi) is 4.35. The van der Waals surface area contributed by atoms with E-state index in [0.29, 0.717) is 27.4 Å². The van der Waals surface area contributed by atoms with Crippen LogP contribution in [0.15, 0.2) is 28.1 Å². The molecule has 1 N–H and O–H groups in total. The SMILES string of the molecule is CC(=O)c1cnc(NC(=O)Cc2nc(-c3cccs3)oc2C)s1. The molecule has 3 aromatic rings. The van der Waals surface area contributed by atoms with Gasteiger partial charge in [-0.3, -0.25) is 9.59 Å². The van der Waals surface area contributed by atoms with E-state index in [9.17, 15) is 9.59 Å². The molecule has 0 saturated carbocycles. The number of carbonyl (C=O) groups excluding carboxylic acids is 2. The number of hydrogen-bond donors (Lipinski definition) is 1. The van der Waals surface area contributed by atoms with Crippen molar-refractivity contribution in [1.82, 2.24) is 9.97 Å². The number of thiophene rings is 1. The molecule has 0 saturated heterocycles. The lowest BCUT2D eigenvalue weighted by atomic mass is 10.2. The van der Waals surface area contributed by atoms with E-state index in [1.54, 1.807) is 6.92 Å². The number of thiazole rings is 1. The van der Waals surface area contributed by atoms with Crippen LogP contribution in [0.1, 0.15) is 28.0 Å². The highest BCUT2D eigenvalue weighted by atomic mass is 32.1. The quantitative estimate of drug-likeness (QED) is 0.713. The number of anilines is 1. The maximum Gasteiger partial charge on any atom is 0.236 e. The van der Waals surface area contributed by atoms with Crippen LogP contribution in [0.4, 0.5) is 5.13 Å². The number of nitrogens with one attached hydrogen (secondary N) is 1. The lowest BCUT2D eigenvalue weighted by Crippen LogP contribution is -2.14. The molecule has 0 unspecified atom stereocenters. The van der Waals surface area contributed by atoms with Crippen LogP contribution in [-0.2, 0) is 11.2 Å². The molecular formula is C15H13N3O3S2. The first-order chi connectivity index (χ1) is 11.0. The minimum Gasteiger partial charge on any atom is -0.440 e. The van der Waals surface area contributed by atoms with Gasteiger partial charge < -0.3 is 9.73 Å². The minimum atomic E-state index is -0.247. The van der Waals surface area contributed by atoms with E-state index in [1.807, 2.05) is 17.5 Å². The van der Waals surface area contributed by atoms with Crippen molar-refractivity contribution >= 4 is 39.5 Å². The highest BCUT2D eigenvalue weighted by molar-refractivity contribution is 7.17. The molecule has 23 heavy (non-hydrogen) atoms. The Morgan fingerprint density at radius 2 is 2.22 bits per heavy atom.